The third-order valence-corrected chi connectivity index (χ3v) is 5.30. The number of likely N-dealkylation sites (N-methyl/N-ethyl adjacent to an activating group) is 1. The molecule has 2 saturated heterocycles. The van der Waals surface area contributed by atoms with Crippen LogP contribution in [0.15, 0.2) is 41.3 Å². The Morgan fingerprint density at radius 1 is 1.23 bits per heavy atom. The number of morpholine rings is 1. The van der Waals surface area contributed by atoms with Gasteiger partial charge in [0.2, 0.25) is 5.95 Å². The highest BCUT2D eigenvalue weighted by Gasteiger charge is 2.39. The van der Waals surface area contributed by atoms with E-state index in [1.54, 1.807) is 10.9 Å². The molecule has 2 aliphatic heterocycles. The van der Waals surface area contributed by atoms with Gasteiger partial charge >= 0.3 is 0 Å². The molecule has 2 fully saturated rings. The summed E-state index contributed by atoms with van der Waals surface area (Å²) in [6.07, 6.45) is 1.72. The number of hydrogen-bond donors (Lipinski definition) is 1. The molecule has 2 aliphatic rings. The maximum atomic E-state index is 12.6. The standard InChI is InChI=1S/C18H20N6O2/c1-22-7-8-26-15-11-23(10-14(15)22)18-20-16-13(17(25)21-18)9-19-24(16)12-5-3-2-4-6-12/h2-6,9,14-15H,7-8,10-11H2,1H3,(H,20,21,25). The van der Waals surface area contributed by atoms with E-state index in [-0.39, 0.29) is 11.7 Å². The molecular weight excluding hydrogens is 332 g/mol. The molecule has 8 nitrogen and oxygen atoms in total. The van der Waals surface area contributed by atoms with Crippen LogP contribution in [-0.2, 0) is 4.74 Å². The van der Waals surface area contributed by atoms with Crippen molar-refractivity contribution in [3.05, 3.63) is 46.9 Å². The summed E-state index contributed by atoms with van der Waals surface area (Å²) in [5, 5.41) is 4.85. The third kappa shape index (κ3) is 2.41. The van der Waals surface area contributed by atoms with Crippen molar-refractivity contribution in [1.29, 1.82) is 0 Å². The van der Waals surface area contributed by atoms with Crippen LogP contribution in [0.3, 0.4) is 0 Å². The van der Waals surface area contributed by atoms with Gasteiger partial charge in [-0.15, -0.1) is 0 Å². The van der Waals surface area contributed by atoms with Crippen LogP contribution < -0.4 is 10.5 Å². The van der Waals surface area contributed by atoms with Crippen molar-refractivity contribution in [2.75, 3.05) is 38.2 Å². The summed E-state index contributed by atoms with van der Waals surface area (Å²) in [4.78, 5) is 24.6. The number of rotatable bonds is 2. The smallest absolute Gasteiger partial charge is 0.263 e. The number of H-pyrrole nitrogens is 1. The zero-order valence-corrected chi connectivity index (χ0v) is 14.5. The first-order chi connectivity index (χ1) is 12.7. The van der Waals surface area contributed by atoms with E-state index in [0.29, 0.717) is 23.0 Å². The molecule has 5 rings (SSSR count). The molecule has 0 amide bonds. The molecule has 8 heteroatoms. The van der Waals surface area contributed by atoms with Crippen LogP contribution in [0.4, 0.5) is 5.95 Å². The summed E-state index contributed by atoms with van der Waals surface area (Å²) in [7, 11) is 2.12. The van der Waals surface area contributed by atoms with Gasteiger partial charge < -0.3 is 9.64 Å². The third-order valence-electron chi connectivity index (χ3n) is 5.30. The first kappa shape index (κ1) is 15.5. The van der Waals surface area contributed by atoms with Gasteiger partial charge in [-0.05, 0) is 19.2 Å². The zero-order chi connectivity index (χ0) is 17.7. The highest BCUT2D eigenvalue weighted by Crippen LogP contribution is 2.25. The number of aromatic amines is 1. The Morgan fingerprint density at radius 2 is 2.08 bits per heavy atom. The number of nitrogens with zero attached hydrogens (tertiary/aromatic N) is 5. The number of aromatic nitrogens is 4. The average Bonchev–Trinajstić information content (AvgIpc) is 3.27. The van der Waals surface area contributed by atoms with Crippen molar-refractivity contribution < 1.29 is 4.74 Å². The molecule has 0 aliphatic carbocycles. The first-order valence-electron chi connectivity index (χ1n) is 8.81. The topological polar surface area (TPSA) is 79.3 Å². The molecule has 1 aromatic carbocycles. The maximum Gasteiger partial charge on any atom is 0.263 e. The van der Waals surface area contributed by atoms with Crippen molar-refractivity contribution in [2.24, 2.45) is 0 Å². The van der Waals surface area contributed by atoms with Crippen LogP contribution in [0.1, 0.15) is 0 Å². The lowest BCUT2D eigenvalue weighted by Gasteiger charge is -2.33. The van der Waals surface area contributed by atoms with Gasteiger partial charge in [0.15, 0.2) is 5.65 Å². The second kappa shape index (κ2) is 5.93. The minimum absolute atomic E-state index is 0.147. The minimum Gasteiger partial charge on any atom is -0.373 e. The Bertz CT molecular complexity index is 998. The van der Waals surface area contributed by atoms with Gasteiger partial charge in [0.25, 0.3) is 5.56 Å². The van der Waals surface area contributed by atoms with Gasteiger partial charge in [0, 0.05) is 19.6 Å². The molecule has 4 heterocycles. The molecule has 2 aromatic heterocycles. The number of fused-ring (bicyclic) bond motifs is 2. The second-order valence-electron chi connectivity index (χ2n) is 6.88. The largest absolute Gasteiger partial charge is 0.373 e. The molecular formula is C18H20N6O2. The molecule has 26 heavy (non-hydrogen) atoms. The lowest BCUT2D eigenvalue weighted by atomic mass is 10.1. The fraction of sp³-hybridized carbons (Fsp3) is 0.389. The summed E-state index contributed by atoms with van der Waals surface area (Å²) < 4.78 is 7.61. The van der Waals surface area contributed by atoms with E-state index in [4.69, 9.17) is 9.72 Å². The highest BCUT2D eigenvalue weighted by molar-refractivity contribution is 5.76. The van der Waals surface area contributed by atoms with E-state index in [0.717, 1.165) is 31.9 Å². The molecule has 0 radical (unpaired) electrons. The van der Waals surface area contributed by atoms with Gasteiger partial charge in [-0.3, -0.25) is 14.7 Å². The van der Waals surface area contributed by atoms with Gasteiger partial charge in [-0.2, -0.15) is 10.1 Å². The first-order valence-corrected chi connectivity index (χ1v) is 8.81. The van der Waals surface area contributed by atoms with Gasteiger partial charge in [0.1, 0.15) is 5.39 Å². The quantitative estimate of drug-likeness (QED) is 0.729. The average molecular weight is 352 g/mol. The Balaban J connectivity index is 1.56. The summed E-state index contributed by atoms with van der Waals surface area (Å²) in [6.45, 7) is 3.19. The Kier molecular flexibility index (Phi) is 3.54. The molecule has 0 saturated carbocycles. The molecule has 1 N–H and O–H groups in total. The van der Waals surface area contributed by atoms with Crippen LogP contribution in [0.5, 0.6) is 0 Å². The molecule has 2 atom stereocenters. The van der Waals surface area contributed by atoms with E-state index in [9.17, 15) is 4.79 Å². The van der Waals surface area contributed by atoms with Crippen LogP contribution in [0, 0.1) is 0 Å². The van der Waals surface area contributed by atoms with E-state index in [2.05, 4.69) is 26.9 Å². The number of hydrogen-bond acceptors (Lipinski definition) is 6. The van der Waals surface area contributed by atoms with Crippen LogP contribution in [0.25, 0.3) is 16.7 Å². The number of para-hydroxylation sites is 1. The fourth-order valence-electron chi connectivity index (χ4n) is 3.85. The Labute approximate surface area is 150 Å². The molecule has 2 unspecified atom stereocenters. The highest BCUT2D eigenvalue weighted by atomic mass is 16.5. The number of benzene rings is 1. The van der Waals surface area contributed by atoms with Gasteiger partial charge in [0.05, 0.1) is 30.6 Å². The minimum atomic E-state index is -0.170. The van der Waals surface area contributed by atoms with Crippen molar-refractivity contribution in [3.8, 4) is 5.69 Å². The maximum absolute atomic E-state index is 12.6. The SMILES string of the molecule is CN1CCOC2CN(c3nc4c(cnn4-c4ccccc4)c(=O)[nH]3)CC21. The zero-order valence-electron chi connectivity index (χ0n) is 14.5. The summed E-state index contributed by atoms with van der Waals surface area (Å²) in [5.41, 5.74) is 1.28. The van der Waals surface area contributed by atoms with Crippen LogP contribution in [-0.4, -0.2) is 70.1 Å². The normalized spacial score (nSPS) is 23.5. The van der Waals surface area contributed by atoms with Crippen LogP contribution >= 0.6 is 0 Å². The number of nitrogens with one attached hydrogen (secondary N) is 1. The van der Waals surface area contributed by atoms with Crippen molar-refractivity contribution in [1.82, 2.24) is 24.6 Å². The van der Waals surface area contributed by atoms with E-state index in [1.807, 2.05) is 30.3 Å². The van der Waals surface area contributed by atoms with Crippen molar-refractivity contribution in [2.45, 2.75) is 12.1 Å². The lowest BCUT2D eigenvalue weighted by Crippen LogP contribution is -2.48. The van der Waals surface area contributed by atoms with Crippen molar-refractivity contribution in [3.63, 3.8) is 0 Å². The monoisotopic (exact) mass is 352 g/mol. The van der Waals surface area contributed by atoms with Gasteiger partial charge in [-0.25, -0.2) is 4.68 Å². The van der Waals surface area contributed by atoms with Gasteiger partial charge in [-0.1, -0.05) is 18.2 Å². The molecule has 0 bridgehead atoms. The van der Waals surface area contributed by atoms with E-state index >= 15 is 0 Å². The predicted molar refractivity (Wildman–Crippen MR) is 97.9 cm³/mol. The summed E-state index contributed by atoms with van der Waals surface area (Å²) in [6, 6.07) is 10.0. The predicted octanol–water partition coefficient (Wildman–Crippen LogP) is 0.628. The molecule has 3 aromatic rings. The molecule has 0 spiro atoms. The summed E-state index contributed by atoms with van der Waals surface area (Å²) in [5.74, 6) is 0.576. The molecule has 134 valence electrons. The van der Waals surface area contributed by atoms with E-state index in [1.165, 1.54) is 0 Å². The van der Waals surface area contributed by atoms with E-state index < -0.39 is 0 Å². The van der Waals surface area contributed by atoms with Crippen molar-refractivity contribution >= 4 is 17.0 Å². The van der Waals surface area contributed by atoms with Crippen LogP contribution in [0.2, 0.25) is 0 Å². The Morgan fingerprint density at radius 3 is 2.88 bits per heavy atom. The second-order valence-corrected chi connectivity index (χ2v) is 6.88. The lowest BCUT2D eigenvalue weighted by molar-refractivity contribution is -0.0362. The summed E-state index contributed by atoms with van der Waals surface area (Å²) >= 11 is 0. The Hall–Kier alpha value is -2.71. The number of ether oxygens (including phenoxy) is 1. The number of anilines is 1. The fourth-order valence-corrected chi connectivity index (χ4v) is 3.85.